The Morgan fingerprint density at radius 2 is 1.66 bits per heavy atom. The molecule has 0 saturated carbocycles. The number of likely N-dealkylation sites (tertiary alicyclic amines) is 1. The Balaban J connectivity index is 1.51. The lowest BCUT2D eigenvalue weighted by Gasteiger charge is -2.33. The fourth-order valence-electron chi connectivity index (χ4n) is 3.30. The Bertz CT molecular complexity index is 1000. The lowest BCUT2D eigenvalue weighted by molar-refractivity contribution is -0.156. The van der Waals surface area contributed by atoms with Gasteiger partial charge in [-0.1, -0.05) is 12.1 Å². The van der Waals surface area contributed by atoms with Crippen molar-refractivity contribution >= 4 is 29.6 Å². The zero-order valence-electron chi connectivity index (χ0n) is 15.0. The van der Waals surface area contributed by atoms with Crippen molar-refractivity contribution in [2.24, 2.45) is 0 Å². The molecule has 1 aromatic heterocycles. The summed E-state index contributed by atoms with van der Waals surface area (Å²) in [5.74, 6) is -3.31. The zero-order chi connectivity index (χ0) is 20.5. The van der Waals surface area contributed by atoms with Gasteiger partial charge in [-0.3, -0.25) is 24.1 Å². The van der Waals surface area contributed by atoms with Crippen molar-refractivity contribution in [3.63, 3.8) is 0 Å². The van der Waals surface area contributed by atoms with Gasteiger partial charge in [0.2, 0.25) is 5.91 Å². The Hall–Kier alpha value is -3.95. The number of fused-ring (bicyclic) bond motifs is 1. The second kappa shape index (κ2) is 7.23. The van der Waals surface area contributed by atoms with Gasteiger partial charge in [0.05, 0.1) is 16.7 Å². The summed E-state index contributed by atoms with van der Waals surface area (Å²) in [6, 6.07) is 5.13. The van der Waals surface area contributed by atoms with E-state index in [0.29, 0.717) is 0 Å². The van der Waals surface area contributed by atoms with Crippen LogP contribution in [0.3, 0.4) is 0 Å². The molecule has 1 unspecified atom stereocenters. The van der Waals surface area contributed by atoms with E-state index in [4.69, 9.17) is 4.74 Å². The van der Waals surface area contributed by atoms with Gasteiger partial charge in [-0.25, -0.2) is 19.7 Å². The quantitative estimate of drug-likeness (QED) is 0.539. The molecule has 0 aliphatic carbocycles. The van der Waals surface area contributed by atoms with E-state index < -0.39 is 42.4 Å². The normalized spacial score (nSPS) is 18.8. The molecule has 2 aromatic rings. The van der Waals surface area contributed by atoms with E-state index in [1.807, 2.05) is 0 Å². The van der Waals surface area contributed by atoms with Gasteiger partial charge >= 0.3 is 5.97 Å². The standard InChI is InChI=1S/C19H14N4O6/c24-15-6-5-14(23-16(25)12-3-1-2-4-13(12)17(23)26)18(27)22(15)10-29-19(28)11-7-20-9-21-8-11/h1-4,7-9,14H,5-6,10H2. The maximum atomic E-state index is 12.9. The third kappa shape index (κ3) is 3.14. The molecule has 10 nitrogen and oxygen atoms in total. The van der Waals surface area contributed by atoms with E-state index in [1.165, 1.54) is 30.9 Å². The number of carbonyl (C=O) groups is 5. The van der Waals surface area contributed by atoms with Crippen molar-refractivity contribution in [2.45, 2.75) is 18.9 Å². The summed E-state index contributed by atoms with van der Waals surface area (Å²) in [5, 5.41) is 0. The number of piperidine rings is 1. The zero-order valence-corrected chi connectivity index (χ0v) is 15.0. The molecule has 0 spiro atoms. The molecule has 3 heterocycles. The molecule has 0 radical (unpaired) electrons. The number of hydrogen-bond donors (Lipinski definition) is 0. The number of esters is 1. The molecular weight excluding hydrogens is 380 g/mol. The highest BCUT2D eigenvalue weighted by Crippen LogP contribution is 2.29. The van der Waals surface area contributed by atoms with Crippen LogP contribution in [0, 0.1) is 0 Å². The molecule has 4 amide bonds. The lowest BCUT2D eigenvalue weighted by Crippen LogP contribution is -2.56. The van der Waals surface area contributed by atoms with E-state index in [2.05, 4.69) is 9.97 Å². The number of amides is 4. The largest absolute Gasteiger partial charge is 0.440 e. The number of rotatable bonds is 4. The highest BCUT2D eigenvalue weighted by atomic mass is 16.5. The lowest BCUT2D eigenvalue weighted by atomic mass is 10.0. The van der Waals surface area contributed by atoms with E-state index in [-0.39, 0.29) is 29.5 Å². The number of aromatic nitrogens is 2. The van der Waals surface area contributed by atoms with Crippen LogP contribution in [0.4, 0.5) is 0 Å². The van der Waals surface area contributed by atoms with Gasteiger partial charge in [0.25, 0.3) is 17.7 Å². The van der Waals surface area contributed by atoms with Crippen LogP contribution in [0.2, 0.25) is 0 Å². The van der Waals surface area contributed by atoms with Crippen molar-refractivity contribution in [3.8, 4) is 0 Å². The fraction of sp³-hybridized carbons (Fsp3) is 0.211. The average Bonchev–Trinajstić information content (AvgIpc) is 2.99. The van der Waals surface area contributed by atoms with Gasteiger partial charge in [-0.15, -0.1) is 0 Å². The molecule has 4 rings (SSSR count). The topological polar surface area (TPSA) is 127 Å². The van der Waals surface area contributed by atoms with Crippen LogP contribution in [0.5, 0.6) is 0 Å². The van der Waals surface area contributed by atoms with E-state index in [9.17, 15) is 24.0 Å². The van der Waals surface area contributed by atoms with Crippen LogP contribution < -0.4 is 0 Å². The van der Waals surface area contributed by atoms with Crippen LogP contribution in [0.15, 0.2) is 43.0 Å². The number of benzene rings is 1. The molecule has 2 aliphatic heterocycles. The Labute approximate surface area is 164 Å². The molecule has 0 bridgehead atoms. The molecule has 0 N–H and O–H groups in total. The summed E-state index contributed by atoms with van der Waals surface area (Å²) in [4.78, 5) is 71.3. The predicted molar refractivity (Wildman–Crippen MR) is 94.1 cm³/mol. The van der Waals surface area contributed by atoms with E-state index in [0.717, 1.165) is 9.80 Å². The fourth-order valence-corrected chi connectivity index (χ4v) is 3.30. The summed E-state index contributed by atoms with van der Waals surface area (Å²) in [7, 11) is 0. The first kappa shape index (κ1) is 18.4. The van der Waals surface area contributed by atoms with Gasteiger partial charge in [0, 0.05) is 18.8 Å². The molecule has 1 fully saturated rings. The van der Waals surface area contributed by atoms with Crippen molar-refractivity contribution in [3.05, 3.63) is 59.7 Å². The third-order valence-corrected chi connectivity index (χ3v) is 4.74. The minimum Gasteiger partial charge on any atom is -0.440 e. The van der Waals surface area contributed by atoms with E-state index >= 15 is 0 Å². The number of ether oxygens (including phenoxy) is 1. The van der Waals surface area contributed by atoms with Crippen LogP contribution in [0.25, 0.3) is 0 Å². The highest BCUT2D eigenvalue weighted by Gasteiger charge is 2.47. The first-order valence-corrected chi connectivity index (χ1v) is 8.72. The molecule has 146 valence electrons. The summed E-state index contributed by atoms with van der Waals surface area (Å²) in [6.45, 7) is -0.634. The first-order valence-electron chi connectivity index (χ1n) is 8.72. The second-order valence-electron chi connectivity index (χ2n) is 6.43. The van der Waals surface area contributed by atoms with E-state index in [1.54, 1.807) is 12.1 Å². The maximum Gasteiger partial charge on any atom is 0.343 e. The molecule has 2 aliphatic rings. The SMILES string of the molecule is O=C(OCN1C(=O)CCC(N2C(=O)c3ccccc3C2=O)C1=O)c1cncnc1. The molecule has 1 saturated heterocycles. The Morgan fingerprint density at radius 3 is 2.28 bits per heavy atom. The number of carbonyl (C=O) groups excluding carboxylic acids is 5. The van der Waals surface area contributed by atoms with Gasteiger partial charge in [0.15, 0.2) is 6.73 Å². The number of imide groups is 2. The third-order valence-electron chi connectivity index (χ3n) is 4.74. The molecule has 1 atom stereocenters. The summed E-state index contributed by atoms with van der Waals surface area (Å²) < 4.78 is 5.01. The van der Waals surface area contributed by atoms with Crippen LogP contribution >= 0.6 is 0 Å². The minimum atomic E-state index is -1.14. The van der Waals surface area contributed by atoms with Gasteiger partial charge < -0.3 is 4.74 Å². The molecule has 1 aromatic carbocycles. The maximum absolute atomic E-state index is 12.9. The van der Waals surface area contributed by atoms with Crippen molar-refractivity contribution in [1.82, 2.24) is 19.8 Å². The summed E-state index contributed by atoms with van der Waals surface area (Å²) in [5.41, 5.74) is 0.481. The average molecular weight is 394 g/mol. The Kier molecular flexibility index (Phi) is 4.59. The molecule has 10 heteroatoms. The summed E-state index contributed by atoms with van der Waals surface area (Å²) >= 11 is 0. The smallest absolute Gasteiger partial charge is 0.343 e. The number of hydrogen-bond acceptors (Lipinski definition) is 8. The number of nitrogens with zero attached hydrogens (tertiary/aromatic N) is 4. The van der Waals surface area contributed by atoms with Gasteiger partial charge in [-0.2, -0.15) is 0 Å². The second-order valence-corrected chi connectivity index (χ2v) is 6.43. The van der Waals surface area contributed by atoms with Crippen LogP contribution in [0.1, 0.15) is 43.9 Å². The van der Waals surface area contributed by atoms with Gasteiger partial charge in [-0.05, 0) is 18.6 Å². The van der Waals surface area contributed by atoms with Crippen molar-refractivity contribution in [2.75, 3.05) is 6.73 Å². The minimum absolute atomic E-state index is 0.0140. The van der Waals surface area contributed by atoms with Gasteiger partial charge in [0.1, 0.15) is 12.4 Å². The Morgan fingerprint density at radius 1 is 1.03 bits per heavy atom. The van der Waals surface area contributed by atoms with Crippen molar-refractivity contribution < 1.29 is 28.7 Å². The first-order chi connectivity index (χ1) is 14.0. The van der Waals surface area contributed by atoms with Crippen LogP contribution in [-0.4, -0.2) is 62.1 Å². The monoisotopic (exact) mass is 394 g/mol. The highest BCUT2D eigenvalue weighted by molar-refractivity contribution is 6.23. The van der Waals surface area contributed by atoms with Crippen molar-refractivity contribution in [1.29, 1.82) is 0 Å². The molecular formula is C19H14N4O6. The predicted octanol–water partition coefficient (Wildman–Crippen LogP) is 0.405. The molecule has 29 heavy (non-hydrogen) atoms. The van der Waals surface area contributed by atoms with Crippen LogP contribution in [-0.2, 0) is 14.3 Å². The summed E-state index contributed by atoms with van der Waals surface area (Å²) in [6.07, 6.45) is 3.64.